The lowest BCUT2D eigenvalue weighted by atomic mass is 9.89. The second-order valence-electron chi connectivity index (χ2n) is 4.87. The molecule has 11 heavy (non-hydrogen) atoms. The van der Waals surface area contributed by atoms with Crippen molar-refractivity contribution in [3.63, 3.8) is 0 Å². The van der Waals surface area contributed by atoms with Gasteiger partial charge in [0.1, 0.15) is 0 Å². The standard InChI is InChI=1S/C11H20/c1-8-3-4-10-5-6-11(7-8)9(10)2/h8-11H,3-7H2,1-2H3. The van der Waals surface area contributed by atoms with Gasteiger partial charge in [-0.15, -0.1) is 0 Å². The molecule has 0 saturated heterocycles. The summed E-state index contributed by atoms with van der Waals surface area (Å²) in [7, 11) is 0. The third-order valence-electron chi connectivity index (χ3n) is 4.13. The van der Waals surface area contributed by atoms with Crippen molar-refractivity contribution in [3.8, 4) is 0 Å². The van der Waals surface area contributed by atoms with Crippen molar-refractivity contribution in [2.24, 2.45) is 23.7 Å². The van der Waals surface area contributed by atoms with Gasteiger partial charge in [-0.1, -0.05) is 20.3 Å². The molecule has 2 saturated carbocycles. The first-order chi connectivity index (χ1) is 5.27. The molecule has 0 aromatic carbocycles. The quantitative estimate of drug-likeness (QED) is 0.498. The van der Waals surface area contributed by atoms with E-state index in [1.807, 2.05) is 0 Å². The summed E-state index contributed by atoms with van der Waals surface area (Å²) in [5.41, 5.74) is 0. The topological polar surface area (TPSA) is 0 Å². The third-order valence-corrected chi connectivity index (χ3v) is 4.13. The predicted molar refractivity (Wildman–Crippen MR) is 48.4 cm³/mol. The van der Waals surface area contributed by atoms with Crippen LogP contribution in [-0.4, -0.2) is 0 Å². The molecule has 0 N–H and O–H groups in total. The number of hydrogen-bond acceptors (Lipinski definition) is 0. The lowest BCUT2D eigenvalue weighted by Gasteiger charge is -2.16. The van der Waals surface area contributed by atoms with Crippen LogP contribution in [0.2, 0.25) is 0 Å². The highest BCUT2D eigenvalue weighted by atomic mass is 14.4. The SMILES string of the molecule is CC1CCC2CCC(C1)C2C. The van der Waals surface area contributed by atoms with Crippen molar-refractivity contribution in [1.82, 2.24) is 0 Å². The molecule has 2 aliphatic rings. The largest absolute Gasteiger partial charge is 0.0625 e. The summed E-state index contributed by atoms with van der Waals surface area (Å²) < 4.78 is 0. The fraction of sp³-hybridized carbons (Fsp3) is 1.00. The van der Waals surface area contributed by atoms with E-state index in [-0.39, 0.29) is 0 Å². The van der Waals surface area contributed by atoms with E-state index in [2.05, 4.69) is 13.8 Å². The summed E-state index contributed by atoms with van der Waals surface area (Å²) in [5.74, 6) is 4.27. The van der Waals surface area contributed by atoms with E-state index in [0.717, 1.165) is 23.7 Å². The van der Waals surface area contributed by atoms with Gasteiger partial charge in [-0.25, -0.2) is 0 Å². The molecule has 2 rings (SSSR count). The maximum absolute atomic E-state index is 2.49. The Hall–Kier alpha value is 0. The molecule has 4 atom stereocenters. The number of hydrogen-bond donors (Lipinski definition) is 0. The maximum atomic E-state index is 2.49. The van der Waals surface area contributed by atoms with Crippen LogP contribution in [0.3, 0.4) is 0 Å². The van der Waals surface area contributed by atoms with Gasteiger partial charge in [0.25, 0.3) is 0 Å². The smallest absolute Gasteiger partial charge is 0.0383 e. The Labute approximate surface area is 70.4 Å². The van der Waals surface area contributed by atoms with Crippen molar-refractivity contribution in [2.45, 2.75) is 46.0 Å². The molecule has 0 nitrogen and oxygen atoms in total. The zero-order valence-corrected chi connectivity index (χ0v) is 7.84. The molecule has 0 heteroatoms. The molecule has 0 aromatic rings. The molecule has 4 unspecified atom stereocenters. The molecule has 0 spiro atoms. The second kappa shape index (κ2) is 2.80. The molecule has 0 aliphatic heterocycles. The summed E-state index contributed by atoms with van der Waals surface area (Å²) in [5, 5.41) is 0. The van der Waals surface area contributed by atoms with Crippen LogP contribution in [0.5, 0.6) is 0 Å². The van der Waals surface area contributed by atoms with Crippen molar-refractivity contribution in [1.29, 1.82) is 0 Å². The molecule has 0 heterocycles. The summed E-state index contributed by atoms with van der Waals surface area (Å²) in [6, 6.07) is 0. The van der Waals surface area contributed by atoms with Gasteiger partial charge in [0, 0.05) is 0 Å². The number of rotatable bonds is 0. The Balaban J connectivity index is 2.07. The van der Waals surface area contributed by atoms with Crippen LogP contribution in [0.15, 0.2) is 0 Å². The van der Waals surface area contributed by atoms with Crippen molar-refractivity contribution in [2.75, 3.05) is 0 Å². The van der Waals surface area contributed by atoms with Crippen molar-refractivity contribution < 1.29 is 0 Å². The van der Waals surface area contributed by atoms with E-state index in [1.54, 1.807) is 6.42 Å². The van der Waals surface area contributed by atoms with Crippen LogP contribution in [0.1, 0.15) is 46.0 Å². The first-order valence-electron chi connectivity index (χ1n) is 5.27. The van der Waals surface area contributed by atoms with Gasteiger partial charge in [-0.05, 0) is 49.4 Å². The zero-order valence-electron chi connectivity index (χ0n) is 7.84. The predicted octanol–water partition coefficient (Wildman–Crippen LogP) is 3.47. The van der Waals surface area contributed by atoms with E-state index < -0.39 is 0 Å². The Morgan fingerprint density at radius 1 is 0.818 bits per heavy atom. The third kappa shape index (κ3) is 1.32. The normalized spacial score (nSPS) is 50.7. The van der Waals surface area contributed by atoms with E-state index in [1.165, 1.54) is 25.7 Å². The Morgan fingerprint density at radius 3 is 2.27 bits per heavy atom. The molecule has 0 amide bonds. The molecule has 2 bridgehead atoms. The van der Waals surface area contributed by atoms with Crippen LogP contribution < -0.4 is 0 Å². The summed E-state index contributed by atoms with van der Waals surface area (Å²) in [4.78, 5) is 0. The fourth-order valence-corrected chi connectivity index (χ4v) is 3.21. The maximum Gasteiger partial charge on any atom is -0.0383 e. The van der Waals surface area contributed by atoms with Gasteiger partial charge in [0.05, 0.1) is 0 Å². The minimum Gasteiger partial charge on any atom is -0.0625 e. The lowest BCUT2D eigenvalue weighted by molar-refractivity contribution is 0.334. The van der Waals surface area contributed by atoms with E-state index >= 15 is 0 Å². The number of fused-ring (bicyclic) bond motifs is 2. The average Bonchev–Trinajstić information content (AvgIpc) is 2.20. The fourth-order valence-electron chi connectivity index (χ4n) is 3.21. The summed E-state index contributed by atoms with van der Waals surface area (Å²) in [6.07, 6.45) is 7.64. The monoisotopic (exact) mass is 152 g/mol. The molecular weight excluding hydrogens is 132 g/mol. The van der Waals surface area contributed by atoms with Crippen LogP contribution in [0, 0.1) is 23.7 Å². The minimum absolute atomic E-state index is 1.02. The zero-order chi connectivity index (χ0) is 7.84. The van der Waals surface area contributed by atoms with Gasteiger partial charge >= 0.3 is 0 Å². The second-order valence-corrected chi connectivity index (χ2v) is 4.87. The Kier molecular flexibility index (Phi) is 1.95. The van der Waals surface area contributed by atoms with Crippen LogP contribution >= 0.6 is 0 Å². The minimum atomic E-state index is 1.02. The first kappa shape index (κ1) is 7.64. The molecule has 0 aromatic heterocycles. The van der Waals surface area contributed by atoms with Crippen LogP contribution in [0.25, 0.3) is 0 Å². The summed E-state index contributed by atoms with van der Waals surface area (Å²) >= 11 is 0. The van der Waals surface area contributed by atoms with Gasteiger partial charge in [-0.2, -0.15) is 0 Å². The van der Waals surface area contributed by atoms with E-state index in [4.69, 9.17) is 0 Å². The Bertz CT molecular complexity index is 139. The van der Waals surface area contributed by atoms with Crippen molar-refractivity contribution >= 4 is 0 Å². The van der Waals surface area contributed by atoms with Gasteiger partial charge < -0.3 is 0 Å². The van der Waals surface area contributed by atoms with Gasteiger partial charge in [0.2, 0.25) is 0 Å². The molecule has 2 fully saturated rings. The van der Waals surface area contributed by atoms with Gasteiger partial charge in [0.15, 0.2) is 0 Å². The molecule has 64 valence electrons. The Morgan fingerprint density at radius 2 is 1.45 bits per heavy atom. The lowest BCUT2D eigenvalue weighted by Crippen LogP contribution is -2.08. The molecule has 2 aliphatic carbocycles. The van der Waals surface area contributed by atoms with Crippen molar-refractivity contribution in [3.05, 3.63) is 0 Å². The van der Waals surface area contributed by atoms with Gasteiger partial charge in [-0.3, -0.25) is 0 Å². The molecule has 0 radical (unpaired) electrons. The van der Waals surface area contributed by atoms with E-state index in [9.17, 15) is 0 Å². The highest BCUT2D eigenvalue weighted by Crippen LogP contribution is 2.46. The highest BCUT2D eigenvalue weighted by Gasteiger charge is 2.35. The summed E-state index contributed by atoms with van der Waals surface area (Å²) in [6.45, 7) is 4.92. The average molecular weight is 152 g/mol. The molecular formula is C11H20. The highest BCUT2D eigenvalue weighted by molar-refractivity contribution is 4.86. The van der Waals surface area contributed by atoms with E-state index in [0.29, 0.717) is 0 Å². The first-order valence-corrected chi connectivity index (χ1v) is 5.27. The van der Waals surface area contributed by atoms with Crippen LogP contribution in [-0.2, 0) is 0 Å². The van der Waals surface area contributed by atoms with Crippen LogP contribution in [0.4, 0.5) is 0 Å².